The van der Waals surface area contributed by atoms with Crippen molar-refractivity contribution in [3.8, 4) is 6.07 Å². The molecule has 1 aromatic carbocycles. The van der Waals surface area contributed by atoms with E-state index in [0.29, 0.717) is 5.56 Å². The number of anilines is 1. The van der Waals surface area contributed by atoms with Crippen LogP contribution in [0.15, 0.2) is 36.7 Å². The SMILES string of the molecule is N#Cc1cc(F)c(NCCNC(=O)c2cccnc2)c(F)c1. The maximum atomic E-state index is 13.6. The zero-order valence-corrected chi connectivity index (χ0v) is 11.4. The summed E-state index contributed by atoms with van der Waals surface area (Å²) in [6.45, 7) is 0.304. The molecule has 0 bridgehead atoms. The number of pyridine rings is 1. The van der Waals surface area contributed by atoms with Crippen molar-refractivity contribution < 1.29 is 13.6 Å². The van der Waals surface area contributed by atoms with E-state index < -0.39 is 11.6 Å². The number of carbonyl (C=O) groups is 1. The summed E-state index contributed by atoms with van der Waals surface area (Å²) in [6, 6.07) is 6.79. The predicted octanol–water partition coefficient (Wildman–Crippen LogP) is 2.07. The molecule has 2 N–H and O–H groups in total. The lowest BCUT2D eigenvalue weighted by Gasteiger charge is -2.10. The molecule has 22 heavy (non-hydrogen) atoms. The summed E-state index contributed by atoms with van der Waals surface area (Å²) in [5.74, 6) is -2.03. The van der Waals surface area contributed by atoms with Crippen molar-refractivity contribution in [2.45, 2.75) is 0 Å². The van der Waals surface area contributed by atoms with Crippen molar-refractivity contribution in [3.63, 3.8) is 0 Å². The number of hydrogen-bond donors (Lipinski definition) is 2. The lowest BCUT2D eigenvalue weighted by molar-refractivity contribution is 0.0955. The number of nitriles is 1. The molecule has 2 aromatic rings. The van der Waals surface area contributed by atoms with Crippen molar-refractivity contribution >= 4 is 11.6 Å². The van der Waals surface area contributed by atoms with E-state index in [1.165, 1.54) is 6.20 Å². The van der Waals surface area contributed by atoms with Crippen molar-refractivity contribution in [1.82, 2.24) is 10.3 Å². The smallest absolute Gasteiger partial charge is 0.252 e. The Kier molecular flexibility index (Phi) is 4.98. The van der Waals surface area contributed by atoms with Crippen LogP contribution in [0.4, 0.5) is 14.5 Å². The molecule has 7 heteroatoms. The van der Waals surface area contributed by atoms with Gasteiger partial charge < -0.3 is 10.6 Å². The molecule has 2 rings (SSSR count). The second-order valence-corrected chi connectivity index (χ2v) is 4.35. The van der Waals surface area contributed by atoms with Gasteiger partial charge >= 0.3 is 0 Å². The highest BCUT2D eigenvalue weighted by molar-refractivity contribution is 5.93. The van der Waals surface area contributed by atoms with Crippen LogP contribution in [0.3, 0.4) is 0 Å². The van der Waals surface area contributed by atoms with Crippen molar-refractivity contribution in [1.29, 1.82) is 5.26 Å². The van der Waals surface area contributed by atoms with Crippen molar-refractivity contribution in [2.24, 2.45) is 0 Å². The molecule has 0 aliphatic rings. The highest BCUT2D eigenvalue weighted by Gasteiger charge is 2.11. The molecule has 1 aromatic heterocycles. The largest absolute Gasteiger partial charge is 0.379 e. The van der Waals surface area contributed by atoms with Crippen LogP contribution in [0.2, 0.25) is 0 Å². The minimum atomic E-state index is -0.852. The minimum absolute atomic E-state index is 0.0922. The molecular weight excluding hydrogens is 290 g/mol. The average molecular weight is 302 g/mol. The first kappa shape index (κ1) is 15.4. The van der Waals surface area contributed by atoms with Gasteiger partial charge in [-0.2, -0.15) is 5.26 Å². The van der Waals surface area contributed by atoms with Crippen LogP contribution in [-0.4, -0.2) is 24.0 Å². The zero-order valence-electron chi connectivity index (χ0n) is 11.4. The number of nitrogens with one attached hydrogen (secondary N) is 2. The lowest BCUT2D eigenvalue weighted by atomic mass is 10.2. The molecule has 0 atom stereocenters. The van der Waals surface area contributed by atoms with Crippen LogP contribution in [0, 0.1) is 23.0 Å². The van der Waals surface area contributed by atoms with Crippen LogP contribution < -0.4 is 10.6 Å². The van der Waals surface area contributed by atoms with Gasteiger partial charge in [0.25, 0.3) is 5.91 Å². The fourth-order valence-corrected chi connectivity index (χ4v) is 1.77. The predicted molar refractivity (Wildman–Crippen MR) is 76.1 cm³/mol. The van der Waals surface area contributed by atoms with E-state index >= 15 is 0 Å². The zero-order chi connectivity index (χ0) is 15.9. The minimum Gasteiger partial charge on any atom is -0.379 e. The Morgan fingerprint density at radius 1 is 1.27 bits per heavy atom. The second kappa shape index (κ2) is 7.13. The van der Waals surface area contributed by atoms with Gasteiger partial charge in [0.2, 0.25) is 0 Å². The molecule has 0 aliphatic carbocycles. The Labute approximate surface area is 125 Å². The fraction of sp³-hybridized carbons (Fsp3) is 0.133. The monoisotopic (exact) mass is 302 g/mol. The first-order valence-corrected chi connectivity index (χ1v) is 6.43. The number of hydrogen-bond acceptors (Lipinski definition) is 4. The molecular formula is C15H12F2N4O. The van der Waals surface area contributed by atoms with E-state index in [1.807, 2.05) is 0 Å². The third-order valence-electron chi connectivity index (χ3n) is 2.81. The number of carbonyl (C=O) groups excluding carboxylic acids is 1. The number of nitrogens with zero attached hydrogens (tertiary/aromatic N) is 2. The Hall–Kier alpha value is -3.01. The molecule has 0 spiro atoms. The maximum Gasteiger partial charge on any atom is 0.252 e. The van der Waals surface area contributed by atoms with Gasteiger partial charge in [0, 0.05) is 25.5 Å². The van der Waals surface area contributed by atoms with Crippen LogP contribution >= 0.6 is 0 Å². The van der Waals surface area contributed by atoms with Gasteiger partial charge in [-0.3, -0.25) is 9.78 Å². The Balaban J connectivity index is 1.87. The molecule has 0 unspecified atom stereocenters. The van der Waals surface area contributed by atoms with E-state index in [-0.39, 0.29) is 30.2 Å². The number of amides is 1. The summed E-state index contributed by atoms with van der Waals surface area (Å²) in [7, 11) is 0. The Bertz CT molecular complexity index is 690. The number of rotatable bonds is 5. The van der Waals surface area contributed by atoms with Gasteiger partial charge in [-0.1, -0.05) is 0 Å². The fourth-order valence-electron chi connectivity index (χ4n) is 1.77. The number of halogens is 2. The summed E-state index contributed by atoms with van der Waals surface area (Å²) in [5.41, 5.74) is -0.0155. The molecule has 1 heterocycles. The molecule has 0 aliphatic heterocycles. The van der Waals surface area contributed by atoms with Crippen molar-refractivity contribution in [3.05, 3.63) is 59.4 Å². The van der Waals surface area contributed by atoms with Crippen molar-refractivity contribution in [2.75, 3.05) is 18.4 Å². The quantitative estimate of drug-likeness (QED) is 0.829. The molecule has 5 nitrogen and oxygen atoms in total. The van der Waals surface area contributed by atoms with E-state index in [0.717, 1.165) is 12.1 Å². The Morgan fingerprint density at radius 3 is 2.59 bits per heavy atom. The summed E-state index contributed by atoms with van der Waals surface area (Å²) >= 11 is 0. The standard InChI is InChI=1S/C15H12F2N4O/c16-12-6-10(8-18)7-13(17)14(12)20-4-5-21-15(22)11-2-1-3-19-9-11/h1-3,6-7,9,20H,4-5H2,(H,21,22). The highest BCUT2D eigenvalue weighted by Crippen LogP contribution is 2.20. The lowest BCUT2D eigenvalue weighted by Crippen LogP contribution is -2.29. The third-order valence-corrected chi connectivity index (χ3v) is 2.81. The average Bonchev–Trinajstić information content (AvgIpc) is 2.53. The third kappa shape index (κ3) is 3.76. The molecule has 0 saturated heterocycles. The number of aromatic nitrogens is 1. The number of benzene rings is 1. The molecule has 0 saturated carbocycles. The van der Waals surface area contributed by atoms with E-state index in [4.69, 9.17) is 5.26 Å². The van der Waals surface area contributed by atoms with Crippen LogP contribution in [-0.2, 0) is 0 Å². The van der Waals surface area contributed by atoms with Gasteiger partial charge in [0.15, 0.2) is 11.6 Å². The van der Waals surface area contributed by atoms with Gasteiger partial charge in [-0.15, -0.1) is 0 Å². The normalized spacial score (nSPS) is 9.86. The first-order valence-electron chi connectivity index (χ1n) is 6.43. The van der Waals surface area contributed by atoms with E-state index in [9.17, 15) is 13.6 Å². The van der Waals surface area contributed by atoms with Gasteiger partial charge in [-0.05, 0) is 24.3 Å². The summed E-state index contributed by atoms with van der Waals surface area (Å²) in [4.78, 5) is 15.5. The van der Waals surface area contributed by atoms with Crippen LogP contribution in [0.1, 0.15) is 15.9 Å². The highest BCUT2D eigenvalue weighted by atomic mass is 19.1. The van der Waals surface area contributed by atoms with E-state index in [1.54, 1.807) is 24.4 Å². The van der Waals surface area contributed by atoms with Gasteiger partial charge in [0.1, 0.15) is 5.69 Å². The maximum absolute atomic E-state index is 13.6. The van der Waals surface area contributed by atoms with Crippen LogP contribution in [0.5, 0.6) is 0 Å². The van der Waals surface area contributed by atoms with E-state index in [2.05, 4.69) is 15.6 Å². The summed E-state index contributed by atoms with van der Waals surface area (Å²) < 4.78 is 27.2. The molecule has 1 amide bonds. The molecule has 0 fully saturated rings. The molecule has 0 radical (unpaired) electrons. The topological polar surface area (TPSA) is 77.8 Å². The summed E-state index contributed by atoms with van der Waals surface area (Å²) in [5, 5.41) is 13.7. The summed E-state index contributed by atoms with van der Waals surface area (Å²) in [6.07, 6.45) is 2.97. The molecule has 112 valence electrons. The van der Waals surface area contributed by atoms with Gasteiger partial charge in [0.05, 0.1) is 17.2 Å². The second-order valence-electron chi connectivity index (χ2n) is 4.35. The van der Waals surface area contributed by atoms with Gasteiger partial charge in [-0.25, -0.2) is 8.78 Å². The Morgan fingerprint density at radius 2 is 2.00 bits per heavy atom. The van der Waals surface area contributed by atoms with Crippen LogP contribution in [0.25, 0.3) is 0 Å². The first-order chi connectivity index (χ1) is 10.6.